The van der Waals surface area contributed by atoms with Gasteiger partial charge in [0.15, 0.2) is 11.6 Å². The Hall–Kier alpha value is -1.95. The zero-order valence-corrected chi connectivity index (χ0v) is 11.8. The first-order chi connectivity index (χ1) is 9.69. The smallest absolute Gasteiger partial charge is 0.165 e. The minimum atomic E-state index is -0.357. The summed E-state index contributed by atoms with van der Waals surface area (Å²) in [7, 11) is 1.77. The van der Waals surface area contributed by atoms with Gasteiger partial charge in [-0.3, -0.25) is 4.68 Å². The van der Waals surface area contributed by atoms with Gasteiger partial charge in [-0.2, -0.15) is 0 Å². The lowest BCUT2D eigenvalue weighted by atomic mass is 10.2. The molecule has 2 aromatic rings. The van der Waals surface area contributed by atoms with E-state index in [0.717, 1.165) is 18.5 Å². The molecule has 0 bridgehead atoms. The van der Waals surface area contributed by atoms with Gasteiger partial charge >= 0.3 is 0 Å². The summed E-state index contributed by atoms with van der Waals surface area (Å²) in [4.78, 5) is 0. The fourth-order valence-electron chi connectivity index (χ4n) is 1.79. The molecule has 0 radical (unpaired) electrons. The predicted molar refractivity (Wildman–Crippen MR) is 73.7 cm³/mol. The lowest BCUT2D eigenvalue weighted by molar-refractivity contribution is 0.285. The van der Waals surface area contributed by atoms with E-state index in [4.69, 9.17) is 4.74 Å². The van der Waals surface area contributed by atoms with E-state index in [0.29, 0.717) is 12.2 Å². The molecule has 6 heteroatoms. The summed E-state index contributed by atoms with van der Waals surface area (Å²) in [6.45, 7) is 3.89. The fraction of sp³-hybridized carbons (Fsp3) is 0.429. The van der Waals surface area contributed by atoms with Crippen LogP contribution >= 0.6 is 0 Å². The Morgan fingerprint density at radius 1 is 1.40 bits per heavy atom. The van der Waals surface area contributed by atoms with Crippen LogP contribution in [-0.2, 0) is 20.2 Å². The van der Waals surface area contributed by atoms with Crippen molar-refractivity contribution in [1.29, 1.82) is 0 Å². The minimum Gasteiger partial charge on any atom is -0.484 e. The molecule has 20 heavy (non-hydrogen) atoms. The Kier molecular flexibility index (Phi) is 5.06. The van der Waals surface area contributed by atoms with Crippen molar-refractivity contribution in [3.63, 3.8) is 0 Å². The van der Waals surface area contributed by atoms with E-state index in [2.05, 4.69) is 22.6 Å². The number of hydrogen-bond acceptors (Lipinski definition) is 4. The van der Waals surface area contributed by atoms with Crippen LogP contribution in [0, 0.1) is 5.82 Å². The molecule has 0 atom stereocenters. The summed E-state index contributed by atoms with van der Waals surface area (Å²) in [5.41, 5.74) is 1.57. The van der Waals surface area contributed by atoms with Crippen LogP contribution in [0.3, 0.4) is 0 Å². The number of aryl methyl sites for hydroxylation is 1. The molecule has 0 aliphatic rings. The van der Waals surface area contributed by atoms with Crippen LogP contribution in [0.2, 0.25) is 0 Å². The summed E-state index contributed by atoms with van der Waals surface area (Å²) < 4.78 is 20.9. The molecule has 1 aromatic heterocycles. The van der Waals surface area contributed by atoms with Crippen molar-refractivity contribution < 1.29 is 9.13 Å². The van der Waals surface area contributed by atoms with Gasteiger partial charge in [0.2, 0.25) is 0 Å². The molecule has 0 saturated carbocycles. The highest BCUT2D eigenvalue weighted by molar-refractivity contribution is 5.29. The van der Waals surface area contributed by atoms with Crippen LogP contribution in [0.1, 0.15) is 24.6 Å². The van der Waals surface area contributed by atoms with Gasteiger partial charge in [0.05, 0.1) is 6.20 Å². The molecule has 1 N–H and O–H groups in total. The summed E-state index contributed by atoms with van der Waals surface area (Å²) in [5, 5.41) is 10.9. The standard InChI is InChI=1S/C14H19FN4O/c1-3-6-16-8-11-4-5-14(13(15)7-11)20-10-12-9-19(2)18-17-12/h4-5,7,9,16H,3,6,8,10H2,1-2H3. The molecular formula is C14H19FN4O. The van der Waals surface area contributed by atoms with Gasteiger partial charge in [0, 0.05) is 13.6 Å². The monoisotopic (exact) mass is 278 g/mol. The van der Waals surface area contributed by atoms with E-state index in [-0.39, 0.29) is 18.2 Å². The Morgan fingerprint density at radius 3 is 2.90 bits per heavy atom. The van der Waals surface area contributed by atoms with Crippen LogP contribution in [0.25, 0.3) is 0 Å². The normalized spacial score (nSPS) is 10.8. The highest BCUT2D eigenvalue weighted by Crippen LogP contribution is 2.19. The van der Waals surface area contributed by atoms with Crippen molar-refractivity contribution >= 4 is 0 Å². The molecule has 108 valence electrons. The van der Waals surface area contributed by atoms with Crippen molar-refractivity contribution in [3.8, 4) is 5.75 Å². The number of ether oxygens (including phenoxy) is 1. The highest BCUT2D eigenvalue weighted by Gasteiger charge is 2.06. The molecule has 0 fully saturated rings. The summed E-state index contributed by atoms with van der Waals surface area (Å²) in [6.07, 6.45) is 2.79. The SMILES string of the molecule is CCCNCc1ccc(OCc2cn(C)nn2)c(F)c1. The van der Waals surface area contributed by atoms with Crippen molar-refractivity contribution in [2.45, 2.75) is 26.5 Å². The van der Waals surface area contributed by atoms with Gasteiger partial charge in [-0.15, -0.1) is 5.10 Å². The minimum absolute atomic E-state index is 0.207. The van der Waals surface area contributed by atoms with Gasteiger partial charge in [-0.1, -0.05) is 18.2 Å². The first kappa shape index (κ1) is 14.5. The highest BCUT2D eigenvalue weighted by atomic mass is 19.1. The summed E-state index contributed by atoms with van der Waals surface area (Å²) >= 11 is 0. The average molecular weight is 278 g/mol. The third-order valence-corrected chi connectivity index (χ3v) is 2.78. The van der Waals surface area contributed by atoms with Gasteiger partial charge in [0.25, 0.3) is 0 Å². The van der Waals surface area contributed by atoms with E-state index in [9.17, 15) is 4.39 Å². The van der Waals surface area contributed by atoms with Crippen molar-refractivity contribution in [1.82, 2.24) is 20.3 Å². The average Bonchev–Trinajstić information content (AvgIpc) is 2.84. The predicted octanol–water partition coefficient (Wildman–Crippen LogP) is 2.03. The van der Waals surface area contributed by atoms with E-state index in [1.165, 1.54) is 6.07 Å². The number of halogens is 1. The van der Waals surface area contributed by atoms with Crippen molar-refractivity contribution in [2.75, 3.05) is 6.54 Å². The summed E-state index contributed by atoms with van der Waals surface area (Å²) in [5.74, 6) is -0.125. The second-order valence-electron chi connectivity index (χ2n) is 4.61. The topological polar surface area (TPSA) is 52.0 Å². The van der Waals surface area contributed by atoms with Crippen molar-refractivity contribution in [2.24, 2.45) is 7.05 Å². The maximum Gasteiger partial charge on any atom is 0.165 e. The van der Waals surface area contributed by atoms with Crippen molar-refractivity contribution in [3.05, 3.63) is 41.5 Å². The van der Waals surface area contributed by atoms with Crippen LogP contribution in [-0.4, -0.2) is 21.5 Å². The molecule has 0 amide bonds. The van der Waals surface area contributed by atoms with E-state index >= 15 is 0 Å². The molecule has 0 spiro atoms. The molecule has 1 aromatic carbocycles. The Labute approximate surface area is 117 Å². The fourth-order valence-corrected chi connectivity index (χ4v) is 1.79. The van der Waals surface area contributed by atoms with E-state index in [1.807, 2.05) is 6.07 Å². The maximum atomic E-state index is 13.9. The number of aromatic nitrogens is 3. The number of rotatable bonds is 7. The largest absolute Gasteiger partial charge is 0.484 e. The van der Waals surface area contributed by atoms with Gasteiger partial charge in [-0.05, 0) is 30.7 Å². The lowest BCUT2D eigenvalue weighted by Crippen LogP contribution is -2.13. The first-order valence-electron chi connectivity index (χ1n) is 6.66. The first-order valence-corrected chi connectivity index (χ1v) is 6.66. The van der Waals surface area contributed by atoms with Gasteiger partial charge < -0.3 is 10.1 Å². The number of nitrogens with one attached hydrogen (secondary N) is 1. The molecule has 0 saturated heterocycles. The van der Waals surface area contributed by atoms with Crippen LogP contribution in [0.4, 0.5) is 4.39 Å². The lowest BCUT2D eigenvalue weighted by Gasteiger charge is -2.08. The Morgan fingerprint density at radius 2 is 2.25 bits per heavy atom. The zero-order valence-electron chi connectivity index (χ0n) is 11.8. The summed E-state index contributed by atoms with van der Waals surface area (Å²) in [6, 6.07) is 5.00. The number of nitrogens with zero attached hydrogens (tertiary/aromatic N) is 3. The van der Waals surface area contributed by atoms with Crippen LogP contribution in [0.5, 0.6) is 5.75 Å². The molecule has 0 unspecified atom stereocenters. The van der Waals surface area contributed by atoms with E-state index in [1.54, 1.807) is 24.0 Å². The van der Waals surface area contributed by atoms with Crippen LogP contribution in [0.15, 0.2) is 24.4 Å². The second-order valence-corrected chi connectivity index (χ2v) is 4.61. The Bertz CT molecular complexity index is 556. The van der Waals surface area contributed by atoms with Gasteiger partial charge in [0.1, 0.15) is 12.3 Å². The van der Waals surface area contributed by atoms with E-state index < -0.39 is 0 Å². The molecule has 0 aliphatic carbocycles. The molecule has 2 rings (SSSR count). The second kappa shape index (κ2) is 7.00. The third-order valence-electron chi connectivity index (χ3n) is 2.78. The molecule has 0 aliphatic heterocycles. The number of benzene rings is 1. The third kappa shape index (κ3) is 4.03. The molecule has 5 nitrogen and oxygen atoms in total. The Balaban J connectivity index is 1.92. The quantitative estimate of drug-likeness (QED) is 0.787. The molecule has 1 heterocycles. The van der Waals surface area contributed by atoms with Gasteiger partial charge in [-0.25, -0.2) is 4.39 Å². The zero-order chi connectivity index (χ0) is 14.4. The molecular weight excluding hydrogens is 259 g/mol. The number of hydrogen-bond donors (Lipinski definition) is 1. The van der Waals surface area contributed by atoms with Crippen LogP contribution < -0.4 is 10.1 Å². The maximum absolute atomic E-state index is 13.9.